The Morgan fingerprint density at radius 1 is 1.53 bits per heavy atom. The van der Waals surface area contributed by atoms with Gasteiger partial charge in [-0.1, -0.05) is 13.0 Å². The molecule has 0 amide bonds. The number of nitrogens with zero attached hydrogens (tertiary/aromatic N) is 2. The molecule has 0 saturated carbocycles. The summed E-state index contributed by atoms with van der Waals surface area (Å²) in [5.41, 5.74) is 3.92. The van der Waals surface area contributed by atoms with E-state index in [0.717, 1.165) is 28.9 Å². The van der Waals surface area contributed by atoms with Crippen LogP contribution in [0.5, 0.6) is 0 Å². The first kappa shape index (κ1) is 15.4. The second-order valence-corrected chi connectivity index (χ2v) is 4.54. The van der Waals surface area contributed by atoms with Crippen molar-refractivity contribution in [2.75, 3.05) is 13.7 Å². The van der Waals surface area contributed by atoms with Crippen molar-refractivity contribution in [3.63, 3.8) is 0 Å². The molecule has 1 rings (SSSR count). The summed E-state index contributed by atoms with van der Waals surface area (Å²) in [4.78, 5) is 11.1. The molecule has 0 saturated heterocycles. The van der Waals surface area contributed by atoms with Crippen LogP contribution in [0.2, 0.25) is 0 Å². The van der Waals surface area contributed by atoms with Crippen LogP contribution < -0.4 is 0 Å². The number of carboxylic acids is 1. The van der Waals surface area contributed by atoms with Gasteiger partial charge in [0.25, 0.3) is 0 Å². The molecule has 19 heavy (non-hydrogen) atoms. The molecule has 0 spiro atoms. The van der Waals surface area contributed by atoms with Crippen molar-refractivity contribution in [1.29, 1.82) is 0 Å². The predicted molar refractivity (Wildman–Crippen MR) is 74.2 cm³/mol. The lowest BCUT2D eigenvalue weighted by Crippen LogP contribution is -2.18. The van der Waals surface area contributed by atoms with Gasteiger partial charge in [0.1, 0.15) is 6.04 Å². The Morgan fingerprint density at radius 3 is 2.63 bits per heavy atom. The molecule has 5 nitrogen and oxygen atoms in total. The molecule has 0 fully saturated rings. The minimum atomic E-state index is -0.879. The fourth-order valence-electron chi connectivity index (χ4n) is 2.22. The molecular formula is C14H22N2O3. The maximum Gasteiger partial charge on any atom is 0.328 e. The van der Waals surface area contributed by atoms with Crippen LogP contribution in [0.25, 0.3) is 5.57 Å². The summed E-state index contributed by atoms with van der Waals surface area (Å²) in [6.07, 6.45) is 2.88. The lowest BCUT2D eigenvalue weighted by atomic mass is 10.0. The number of ether oxygens (including phenoxy) is 1. The maximum atomic E-state index is 11.1. The van der Waals surface area contributed by atoms with Crippen molar-refractivity contribution in [2.45, 2.75) is 40.2 Å². The highest BCUT2D eigenvalue weighted by atomic mass is 16.5. The molecule has 5 heteroatoms. The smallest absolute Gasteiger partial charge is 0.328 e. The molecule has 0 radical (unpaired) electrons. The molecule has 0 aromatic carbocycles. The molecule has 1 atom stereocenters. The van der Waals surface area contributed by atoms with Crippen LogP contribution in [0.4, 0.5) is 0 Å². The molecule has 0 aliphatic carbocycles. The van der Waals surface area contributed by atoms with Crippen molar-refractivity contribution in [1.82, 2.24) is 9.78 Å². The van der Waals surface area contributed by atoms with Gasteiger partial charge < -0.3 is 9.84 Å². The lowest BCUT2D eigenvalue weighted by Gasteiger charge is -2.10. The molecular weight excluding hydrogens is 244 g/mol. The third kappa shape index (κ3) is 3.23. The summed E-state index contributed by atoms with van der Waals surface area (Å²) in [7, 11) is 1.65. The Balaban J connectivity index is 3.26. The van der Waals surface area contributed by atoms with E-state index >= 15 is 0 Å². The summed E-state index contributed by atoms with van der Waals surface area (Å²) in [5.74, 6) is -0.879. The van der Waals surface area contributed by atoms with Gasteiger partial charge in [-0.3, -0.25) is 4.68 Å². The van der Waals surface area contributed by atoms with Crippen LogP contribution in [0.3, 0.4) is 0 Å². The van der Waals surface area contributed by atoms with Gasteiger partial charge in [-0.05, 0) is 32.8 Å². The third-order valence-electron chi connectivity index (χ3n) is 3.25. The normalized spacial score (nSPS) is 13.6. The molecule has 1 unspecified atom stereocenters. The van der Waals surface area contributed by atoms with E-state index in [2.05, 4.69) is 12.0 Å². The van der Waals surface area contributed by atoms with Crippen molar-refractivity contribution in [3.8, 4) is 0 Å². The average molecular weight is 266 g/mol. The highest BCUT2D eigenvalue weighted by Gasteiger charge is 2.21. The average Bonchev–Trinajstić information content (AvgIpc) is 2.66. The zero-order chi connectivity index (χ0) is 14.6. The van der Waals surface area contributed by atoms with Gasteiger partial charge >= 0.3 is 5.97 Å². The van der Waals surface area contributed by atoms with Gasteiger partial charge in [0.05, 0.1) is 12.3 Å². The first-order chi connectivity index (χ1) is 8.93. The molecule has 0 aliphatic heterocycles. The van der Waals surface area contributed by atoms with Gasteiger partial charge in [0.15, 0.2) is 0 Å². The Kier molecular flexibility index (Phi) is 5.30. The largest absolute Gasteiger partial charge is 0.480 e. The van der Waals surface area contributed by atoms with Crippen LogP contribution in [-0.2, 0) is 9.53 Å². The van der Waals surface area contributed by atoms with E-state index in [0.29, 0.717) is 6.61 Å². The Bertz CT molecular complexity index is 489. The number of hydrogen-bond acceptors (Lipinski definition) is 3. The van der Waals surface area contributed by atoms with E-state index in [4.69, 9.17) is 9.84 Å². The predicted octanol–water partition coefficient (Wildman–Crippen LogP) is 2.59. The third-order valence-corrected chi connectivity index (χ3v) is 3.25. The van der Waals surface area contributed by atoms with Gasteiger partial charge in [-0.2, -0.15) is 5.10 Å². The van der Waals surface area contributed by atoms with Gasteiger partial charge in [-0.25, -0.2) is 4.79 Å². The van der Waals surface area contributed by atoms with Crippen molar-refractivity contribution in [3.05, 3.63) is 23.0 Å². The summed E-state index contributed by atoms with van der Waals surface area (Å²) >= 11 is 0. The number of carboxylic acid groups (broad SMARTS) is 1. The number of rotatable bonds is 6. The fraction of sp³-hybridized carbons (Fsp3) is 0.571. The van der Waals surface area contributed by atoms with E-state index in [1.165, 1.54) is 0 Å². The number of carbonyl (C=O) groups is 1. The minimum Gasteiger partial charge on any atom is -0.480 e. The topological polar surface area (TPSA) is 64.4 Å². The van der Waals surface area contributed by atoms with E-state index in [1.54, 1.807) is 18.7 Å². The monoisotopic (exact) mass is 266 g/mol. The molecule has 1 N–H and O–H groups in total. The van der Waals surface area contributed by atoms with E-state index in [-0.39, 0.29) is 0 Å². The van der Waals surface area contributed by atoms with E-state index in [1.807, 2.05) is 19.9 Å². The molecule has 0 aliphatic rings. The fourth-order valence-corrected chi connectivity index (χ4v) is 2.22. The molecule has 1 aromatic rings. The van der Waals surface area contributed by atoms with Crippen LogP contribution in [-0.4, -0.2) is 34.6 Å². The molecule has 0 bridgehead atoms. The number of aromatic nitrogens is 2. The minimum absolute atomic E-state index is 0.543. The molecule has 1 heterocycles. The van der Waals surface area contributed by atoms with E-state index < -0.39 is 12.0 Å². The van der Waals surface area contributed by atoms with Gasteiger partial charge in [0.2, 0.25) is 0 Å². The summed E-state index contributed by atoms with van der Waals surface area (Å²) in [6, 6.07) is -0.659. The van der Waals surface area contributed by atoms with Gasteiger partial charge in [-0.15, -0.1) is 0 Å². The maximum absolute atomic E-state index is 11.1. The summed E-state index contributed by atoms with van der Waals surface area (Å²) < 4.78 is 6.64. The Morgan fingerprint density at radius 2 is 2.16 bits per heavy atom. The standard InChI is InChI=1S/C14H22N2O3/c1-6-12(7-8-19-5)13-9(2)15-16(10(13)3)11(4)14(17)18/h7,11H,6,8H2,1-5H3,(H,17,18)/b12-7+. The zero-order valence-electron chi connectivity index (χ0n) is 12.2. The summed E-state index contributed by atoms with van der Waals surface area (Å²) in [6.45, 7) is 8.06. The number of methoxy groups -OCH3 is 1. The number of aliphatic carboxylic acids is 1. The molecule has 1 aromatic heterocycles. The zero-order valence-corrected chi connectivity index (χ0v) is 12.2. The first-order valence-electron chi connectivity index (χ1n) is 6.40. The quantitative estimate of drug-likeness (QED) is 0.859. The first-order valence-corrected chi connectivity index (χ1v) is 6.40. The van der Waals surface area contributed by atoms with Crippen molar-refractivity contribution in [2.24, 2.45) is 0 Å². The van der Waals surface area contributed by atoms with Crippen molar-refractivity contribution < 1.29 is 14.6 Å². The van der Waals surface area contributed by atoms with Crippen LogP contribution in [0, 0.1) is 13.8 Å². The second-order valence-electron chi connectivity index (χ2n) is 4.54. The van der Waals surface area contributed by atoms with Crippen LogP contribution in [0.1, 0.15) is 43.3 Å². The second kappa shape index (κ2) is 6.52. The molecule has 106 valence electrons. The number of hydrogen-bond donors (Lipinski definition) is 1. The van der Waals surface area contributed by atoms with Crippen LogP contribution >= 0.6 is 0 Å². The van der Waals surface area contributed by atoms with Crippen molar-refractivity contribution >= 4 is 11.5 Å². The SMILES string of the molecule is CC/C(=C\COC)c1c(C)nn(C(C)C(=O)O)c1C. The highest BCUT2D eigenvalue weighted by molar-refractivity contribution is 5.73. The number of allylic oxidation sites excluding steroid dienone is 1. The van der Waals surface area contributed by atoms with E-state index in [9.17, 15) is 4.79 Å². The lowest BCUT2D eigenvalue weighted by molar-refractivity contribution is -0.140. The number of aryl methyl sites for hydroxylation is 1. The Hall–Kier alpha value is -1.62. The Labute approximate surface area is 113 Å². The summed E-state index contributed by atoms with van der Waals surface area (Å²) in [5, 5.41) is 13.5. The van der Waals surface area contributed by atoms with Crippen LogP contribution in [0.15, 0.2) is 6.08 Å². The highest BCUT2D eigenvalue weighted by Crippen LogP contribution is 2.27. The van der Waals surface area contributed by atoms with Gasteiger partial charge in [0, 0.05) is 18.4 Å².